The number of halogens is 2. The SMILES string of the molecule is CC(C)(C)C(O)C(=O)c1cc(F)ccc1F. The van der Waals surface area contributed by atoms with E-state index >= 15 is 0 Å². The Bertz CT molecular complexity index is 408. The van der Waals surface area contributed by atoms with Gasteiger partial charge in [-0.1, -0.05) is 20.8 Å². The zero-order chi connectivity index (χ0) is 12.5. The lowest BCUT2D eigenvalue weighted by molar-refractivity contribution is 0.0438. The number of rotatable bonds is 2. The van der Waals surface area contributed by atoms with Crippen molar-refractivity contribution in [3.8, 4) is 0 Å². The molecule has 0 radical (unpaired) electrons. The van der Waals surface area contributed by atoms with Gasteiger partial charge in [-0.25, -0.2) is 8.78 Å². The molecule has 0 aliphatic heterocycles. The molecule has 4 heteroatoms. The van der Waals surface area contributed by atoms with E-state index in [1.54, 1.807) is 20.8 Å². The van der Waals surface area contributed by atoms with Crippen molar-refractivity contribution in [2.45, 2.75) is 26.9 Å². The molecule has 0 fully saturated rings. The van der Waals surface area contributed by atoms with Crippen molar-refractivity contribution in [3.05, 3.63) is 35.4 Å². The van der Waals surface area contributed by atoms with Crippen LogP contribution in [0.1, 0.15) is 31.1 Å². The van der Waals surface area contributed by atoms with Gasteiger partial charge in [0.15, 0.2) is 5.78 Å². The Kier molecular flexibility index (Phi) is 3.43. The van der Waals surface area contributed by atoms with Crippen LogP contribution in [0.3, 0.4) is 0 Å². The predicted octanol–water partition coefficient (Wildman–Crippen LogP) is 2.55. The summed E-state index contributed by atoms with van der Waals surface area (Å²) in [5.74, 6) is -2.33. The van der Waals surface area contributed by atoms with Crippen molar-refractivity contribution in [2.75, 3.05) is 0 Å². The standard InChI is InChI=1S/C12H14F2O2/c1-12(2,3)11(16)10(15)8-6-7(13)4-5-9(8)14/h4-6,11,16H,1-3H3. The van der Waals surface area contributed by atoms with E-state index in [1.807, 2.05) is 0 Å². The van der Waals surface area contributed by atoms with Crippen molar-refractivity contribution >= 4 is 5.78 Å². The summed E-state index contributed by atoms with van der Waals surface area (Å²) in [4.78, 5) is 11.7. The zero-order valence-electron chi connectivity index (χ0n) is 9.42. The van der Waals surface area contributed by atoms with Crippen molar-refractivity contribution in [2.24, 2.45) is 5.41 Å². The van der Waals surface area contributed by atoms with E-state index in [9.17, 15) is 18.7 Å². The van der Waals surface area contributed by atoms with E-state index in [0.717, 1.165) is 18.2 Å². The van der Waals surface area contributed by atoms with Gasteiger partial charge in [0.25, 0.3) is 0 Å². The highest BCUT2D eigenvalue weighted by Crippen LogP contribution is 2.23. The topological polar surface area (TPSA) is 37.3 Å². The molecular formula is C12H14F2O2. The summed E-state index contributed by atoms with van der Waals surface area (Å²) < 4.78 is 26.1. The van der Waals surface area contributed by atoms with E-state index in [1.165, 1.54) is 0 Å². The fourth-order valence-corrected chi connectivity index (χ4v) is 1.23. The van der Waals surface area contributed by atoms with E-state index in [4.69, 9.17) is 0 Å². The molecule has 0 aliphatic carbocycles. The first-order chi connectivity index (χ1) is 7.23. The maximum Gasteiger partial charge on any atom is 0.194 e. The van der Waals surface area contributed by atoms with Gasteiger partial charge in [0.1, 0.15) is 17.7 Å². The minimum atomic E-state index is -1.36. The molecule has 0 heterocycles. The first kappa shape index (κ1) is 12.8. The second-order valence-corrected chi connectivity index (χ2v) is 4.76. The van der Waals surface area contributed by atoms with E-state index in [-0.39, 0.29) is 0 Å². The second-order valence-electron chi connectivity index (χ2n) is 4.76. The van der Waals surface area contributed by atoms with Crippen molar-refractivity contribution in [1.29, 1.82) is 0 Å². The molecule has 1 unspecified atom stereocenters. The monoisotopic (exact) mass is 228 g/mol. The van der Waals surface area contributed by atoms with Crippen LogP contribution in [0.25, 0.3) is 0 Å². The minimum absolute atomic E-state index is 0.414. The van der Waals surface area contributed by atoms with Crippen molar-refractivity contribution < 1.29 is 18.7 Å². The Labute approximate surface area is 92.9 Å². The Hall–Kier alpha value is -1.29. The summed E-state index contributed by atoms with van der Waals surface area (Å²) in [7, 11) is 0. The Morgan fingerprint density at radius 3 is 2.38 bits per heavy atom. The van der Waals surface area contributed by atoms with Gasteiger partial charge in [-0.2, -0.15) is 0 Å². The number of benzene rings is 1. The van der Waals surface area contributed by atoms with Crippen LogP contribution in [0.15, 0.2) is 18.2 Å². The van der Waals surface area contributed by atoms with Gasteiger partial charge in [0.2, 0.25) is 0 Å². The number of carbonyl (C=O) groups excluding carboxylic acids is 1. The summed E-state index contributed by atoms with van der Waals surface area (Å²) in [6, 6.07) is 2.60. The van der Waals surface area contributed by atoms with Gasteiger partial charge >= 0.3 is 0 Å². The highest BCUT2D eigenvalue weighted by atomic mass is 19.1. The molecule has 1 aromatic carbocycles. The normalized spacial score (nSPS) is 13.6. The number of hydrogen-bond acceptors (Lipinski definition) is 2. The molecule has 1 rings (SSSR count). The van der Waals surface area contributed by atoms with Gasteiger partial charge in [0.05, 0.1) is 5.56 Å². The summed E-state index contributed by atoms with van der Waals surface area (Å²) in [6.45, 7) is 4.94. The first-order valence-electron chi connectivity index (χ1n) is 4.91. The summed E-state index contributed by atoms with van der Waals surface area (Å²) in [5, 5.41) is 9.68. The molecule has 16 heavy (non-hydrogen) atoms. The molecule has 1 aromatic rings. The van der Waals surface area contributed by atoms with E-state index in [0.29, 0.717) is 0 Å². The van der Waals surface area contributed by atoms with E-state index < -0.39 is 34.5 Å². The maximum absolute atomic E-state index is 13.3. The number of aliphatic hydroxyl groups excluding tert-OH is 1. The molecule has 0 amide bonds. The van der Waals surface area contributed by atoms with Crippen LogP contribution in [-0.4, -0.2) is 17.0 Å². The minimum Gasteiger partial charge on any atom is -0.384 e. The first-order valence-corrected chi connectivity index (χ1v) is 4.91. The lowest BCUT2D eigenvalue weighted by Gasteiger charge is -2.24. The van der Waals surface area contributed by atoms with Gasteiger partial charge in [-0.05, 0) is 23.6 Å². The van der Waals surface area contributed by atoms with Crippen LogP contribution in [0.5, 0.6) is 0 Å². The fourth-order valence-electron chi connectivity index (χ4n) is 1.23. The molecule has 0 saturated carbocycles. The molecule has 1 atom stereocenters. The third kappa shape index (κ3) is 2.64. The molecule has 0 aliphatic rings. The third-order valence-corrected chi connectivity index (χ3v) is 2.26. The quantitative estimate of drug-likeness (QED) is 0.790. The highest BCUT2D eigenvalue weighted by molar-refractivity contribution is 6.00. The van der Waals surface area contributed by atoms with Crippen LogP contribution >= 0.6 is 0 Å². The number of ketones is 1. The lowest BCUT2D eigenvalue weighted by atomic mass is 9.84. The predicted molar refractivity (Wildman–Crippen MR) is 56.2 cm³/mol. The summed E-state index contributed by atoms with van der Waals surface area (Å²) in [5.41, 5.74) is -1.13. The van der Waals surface area contributed by atoms with Gasteiger partial charge in [-0.15, -0.1) is 0 Å². The average molecular weight is 228 g/mol. The summed E-state index contributed by atoms with van der Waals surface area (Å²) in [6.07, 6.45) is -1.36. The maximum atomic E-state index is 13.3. The second kappa shape index (κ2) is 4.29. The molecule has 2 nitrogen and oxygen atoms in total. The van der Waals surface area contributed by atoms with Crippen molar-refractivity contribution in [3.63, 3.8) is 0 Å². The Balaban J connectivity index is 3.10. The van der Waals surface area contributed by atoms with Crippen LogP contribution < -0.4 is 0 Å². The molecule has 0 spiro atoms. The lowest BCUT2D eigenvalue weighted by Crippen LogP contribution is -2.34. The smallest absolute Gasteiger partial charge is 0.194 e. The van der Waals surface area contributed by atoms with Crippen LogP contribution in [0, 0.1) is 17.0 Å². The Morgan fingerprint density at radius 2 is 1.88 bits per heavy atom. The van der Waals surface area contributed by atoms with Gasteiger partial charge in [-0.3, -0.25) is 4.79 Å². The Morgan fingerprint density at radius 1 is 1.31 bits per heavy atom. The van der Waals surface area contributed by atoms with E-state index in [2.05, 4.69) is 0 Å². The van der Waals surface area contributed by atoms with Crippen LogP contribution in [0.2, 0.25) is 0 Å². The third-order valence-electron chi connectivity index (χ3n) is 2.26. The number of aliphatic hydroxyl groups is 1. The van der Waals surface area contributed by atoms with Crippen LogP contribution in [-0.2, 0) is 0 Å². The van der Waals surface area contributed by atoms with Crippen LogP contribution in [0.4, 0.5) is 8.78 Å². The molecule has 1 N–H and O–H groups in total. The van der Waals surface area contributed by atoms with Gasteiger partial charge in [0, 0.05) is 0 Å². The molecule has 88 valence electrons. The van der Waals surface area contributed by atoms with Gasteiger partial charge < -0.3 is 5.11 Å². The van der Waals surface area contributed by atoms with Crippen molar-refractivity contribution in [1.82, 2.24) is 0 Å². The molecule has 0 bridgehead atoms. The number of Topliss-reactive ketones (excluding diaryl/α,β-unsaturated/α-hetero) is 1. The molecule has 0 saturated heterocycles. The summed E-state index contributed by atoms with van der Waals surface area (Å²) >= 11 is 0. The molecular weight excluding hydrogens is 214 g/mol. The highest BCUT2D eigenvalue weighted by Gasteiger charge is 2.31. The number of hydrogen-bond donors (Lipinski definition) is 1. The fraction of sp³-hybridized carbons (Fsp3) is 0.417. The number of carbonyl (C=O) groups is 1. The average Bonchev–Trinajstić information content (AvgIpc) is 2.18. The zero-order valence-corrected chi connectivity index (χ0v) is 9.42. The largest absolute Gasteiger partial charge is 0.384 e. The molecule has 0 aromatic heterocycles.